The number of allylic oxidation sites excluding steroid dienone is 4. The molecule has 0 aromatic rings. The third kappa shape index (κ3) is 2.99. The first-order chi connectivity index (χ1) is 6.24. The van der Waals surface area contributed by atoms with Crippen LogP contribution in [0.4, 0.5) is 0 Å². The Kier molecular flexibility index (Phi) is 3.64. The highest BCUT2D eigenvalue weighted by Gasteiger charge is 2.08. The molecule has 1 aliphatic rings. The standard InChI is InChI=1S/C12H16O/c1-4-8-13-12-7-5-6-11(9-12)10(2)3/h1,6,9-10H,5,7-8H2,2-3H3. The highest BCUT2D eigenvalue weighted by atomic mass is 16.5. The van der Waals surface area contributed by atoms with Gasteiger partial charge in [-0.3, -0.25) is 0 Å². The lowest BCUT2D eigenvalue weighted by molar-refractivity contribution is 0.240. The Bertz CT molecular complexity index is 263. The van der Waals surface area contributed by atoms with Crippen LogP contribution in [0.25, 0.3) is 0 Å². The zero-order chi connectivity index (χ0) is 9.68. The quantitative estimate of drug-likeness (QED) is 0.601. The van der Waals surface area contributed by atoms with Gasteiger partial charge in [-0.2, -0.15) is 0 Å². The molecule has 0 heterocycles. The smallest absolute Gasteiger partial charge is 0.148 e. The summed E-state index contributed by atoms with van der Waals surface area (Å²) in [4.78, 5) is 0. The van der Waals surface area contributed by atoms with E-state index in [1.54, 1.807) is 0 Å². The van der Waals surface area contributed by atoms with E-state index >= 15 is 0 Å². The summed E-state index contributed by atoms with van der Waals surface area (Å²) >= 11 is 0. The zero-order valence-corrected chi connectivity index (χ0v) is 8.34. The summed E-state index contributed by atoms with van der Waals surface area (Å²) in [7, 11) is 0. The average molecular weight is 176 g/mol. The second kappa shape index (κ2) is 4.77. The van der Waals surface area contributed by atoms with Crippen LogP contribution in [-0.2, 0) is 4.74 Å². The summed E-state index contributed by atoms with van der Waals surface area (Å²) in [6.45, 7) is 4.76. The van der Waals surface area contributed by atoms with E-state index in [2.05, 4.69) is 31.9 Å². The van der Waals surface area contributed by atoms with Crippen LogP contribution in [0, 0.1) is 18.3 Å². The molecule has 0 amide bonds. The van der Waals surface area contributed by atoms with Gasteiger partial charge in [-0.05, 0) is 24.0 Å². The predicted octanol–water partition coefficient (Wildman–Crippen LogP) is 2.90. The highest BCUT2D eigenvalue weighted by molar-refractivity contribution is 5.26. The Hall–Kier alpha value is -1.16. The monoisotopic (exact) mass is 176 g/mol. The van der Waals surface area contributed by atoms with Gasteiger partial charge < -0.3 is 4.74 Å². The number of hydrogen-bond acceptors (Lipinski definition) is 1. The highest BCUT2D eigenvalue weighted by Crippen LogP contribution is 2.22. The minimum atomic E-state index is 0.386. The molecule has 0 atom stereocenters. The summed E-state index contributed by atoms with van der Waals surface area (Å²) in [5.74, 6) is 4.08. The van der Waals surface area contributed by atoms with Crippen LogP contribution in [0.2, 0.25) is 0 Å². The molecule has 0 aromatic carbocycles. The van der Waals surface area contributed by atoms with Crippen LogP contribution in [-0.4, -0.2) is 6.61 Å². The van der Waals surface area contributed by atoms with E-state index in [0.717, 1.165) is 18.6 Å². The molecule has 1 aliphatic carbocycles. The van der Waals surface area contributed by atoms with Gasteiger partial charge in [0.2, 0.25) is 0 Å². The largest absolute Gasteiger partial charge is 0.485 e. The van der Waals surface area contributed by atoms with Crippen molar-refractivity contribution in [3.63, 3.8) is 0 Å². The molecule has 0 unspecified atom stereocenters. The van der Waals surface area contributed by atoms with Gasteiger partial charge in [0.1, 0.15) is 6.61 Å². The molecule has 1 nitrogen and oxygen atoms in total. The SMILES string of the molecule is C#CCOC1=CC(C(C)C)=CCC1. The number of rotatable bonds is 3. The van der Waals surface area contributed by atoms with Crippen LogP contribution in [0.5, 0.6) is 0 Å². The lowest BCUT2D eigenvalue weighted by Gasteiger charge is -2.15. The molecule has 0 N–H and O–H groups in total. The molecule has 1 rings (SSSR count). The van der Waals surface area contributed by atoms with Crippen LogP contribution in [0.15, 0.2) is 23.5 Å². The first kappa shape index (κ1) is 9.92. The minimum absolute atomic E-state index is 0.386. The van der Waals surface area contributed by atoms with Gasteiger partial charge in [0.15, 0.2) is 0 Å². The second-order valence-corrected chi connectivity index (χ2v) is 3.50. The fraction of sp³-hybridized carbons (Fsp3) is 0.500. The van der Waals surface area contributed by atoms with Crippen molar-refractivity contribution in [1.29, 1.82) is 0 Å². The van der Waals surface area contributed by atoms with Crippen molar-refractivity contribution in [2.45, 2.75) is 26.7 Å². The molecule has 0 fully saturated rings. The molecule has 0 saturated carbocycles. The zero-order valence-electron chi connectivity index (χ0n) is 8.34. The van der Waals surface area contributed by atoms with E-state index in [1.807, 2.05) is 0 Å². The fourth-order valence-corrected chi connectivity index (χ4v) is 1.35. The molecule has 0 aliphatic heterocycles. The topological polar surface area (TPSA) is 9.23 Å². The van der Waals surface area contributed by atoms with E-state index in [4.69, 9.17) is 11.2 Å². The first-order valence-corrected chi connectivity index (χ1v) is 4.71. The van der Waals surface area contributed by atoms with E-state index in [-0.39, 0.29) is 0 Å². The van der Waals surface area contributed by atoms with E-state index in [9.17, 15) is 0 Å². The maximum Gasteiger partial charge on any atom is 0.148 e. The van der Waals surface area contributed by atoms with Crippen molar-refractivity contribution in [1.82, 2.24) is 0 Å². The molecule has 70 valence electrons. The van der Waals surface area contributed by atoms with E-state index in [1.165, 1.54) is 5.57 Å². The average Bonchev–Trinajstić information content (AvgIpc) is 2.15. The van der Waals surface area contributed by atoms with Crippen molar-refractivity contribution in [3.8, 4) is 12.3 Å². The summed E-state index contributed by atoms with van der Waals surface area (Å²) in [6, 6.07) is 0. The van der Waals surface area contributed by atoms with Crippen LogP contribution in [0.3, 0.4) is 0 Å². The lowest BCUT2D eigenvalue weighted by atomic mass is 9.96. The molecule has 13 heavy (non-hydrogen) atoms. The van der Waals surface area contributed by atoms with E-state index < -0.39 is 0 Å². The molecule has 0 radical (unpaired) electrons. The minimum Gasteiger partial charge on any atom is -0.485 e. The van der Waals surface area contributed by atoms with E-state index in [0.29, 0.717) is 12.5 Å². The van der Waals surface area contributed by atoms with Gasteiger partial charge in [0.05, 0.1) is 5.76 Å². The second-order valence-electron chi connectivity index (χ2n) is 3.50. The van der Waals surface area contributed by atoms with Crippen molar-refractivity contribution in [2.24, 2.45) is 5.92 Å². The Morgan fingerprint density at radius 2 is 2.38 bits per heavy atom. The molecule has 1 heteroatoms. The van der Waals surface area contributed by atoms with Gasteiger partial charge in [0, 0.05) is 6.42 Å². The molecular weight excluding hydrogens is 160 g/mol. The molecule has 0 spiro atoms. The number of terminal acetylenes is 1. The maximum absolute atomic E-state index is 5.40. The predicted molar refractivity (Wildman–Crippen MR) is 55.0 cm³/mol. The number of ether oxygens (including phenoxy) is 1. The Labute approximate surface area is 80.5 Å². The normalized spacial score (nSPS) is 16.2. The van der Waals surface area contributed by atoms with Crippen LogP contribution in [0.1, 0.15) is 26.7 Å². The summed E-state index contributed by atoms with van der Waals surface area (Å²) < 4.78 is 5.40. The fourth-order valence-electron chi connectivity index (χ4n) is 1.35. The maximum atomic E-state index is 5.40. The third-order valence-corrected chi connectivity index (χ3v) is 2.11. The summed E-state index contributed by atoms with van der Waals surface area (Å²) in [5, 5.41) is 0. The van der Waals surface area contributed by atoms with Gasteiger partial charge in [-0.25, -0.2) is 0 Å². The number of hydrogen-bond donors (Lipinski definition) is 0. The summed E-state index contributed by atoms with van der Waals surface area (Å²) in [6.07, 6.45) is 11.6. The Morgan fingerprint density at radius 1 is 1.62 bits per heavy atom. The van der Waals surface area contributed by atoms with Gasteiger partial charge in [-0.15, -0.1) is 6.42 Å². The molecular formula is C12H16O. The van der Waals surface area contributed by atoms with Crippen molar-refractivity contribution < 1.29 is 4.74 Å². The molecule has 0 aromatic heterocycles. The van der Waals surface area contributed by atoms with Gasteiger partial charge in [-0.1, -0.05) is 25.8 Å². The Morgan fingerprint density at radius 3 is 3.00 bits per heavy atom. The molecule has 0 bridgehead atoms. The summed E-state index contributed by atoms with van der Waals surface area (Å²) in [5.41, 5.74) is 1.36. The van der Waals surface area contributed by atoms with Crippen molar-refractivity contribution in [2.75, 3.05) is 6.61 Å². The van der Waals surface area contributed by atoms with Crippen molar-refractivity contribution >= 4 is 0 Å². The van der Waals surface area contributed by atoms with Crippen LogP contribution >= 0.6 is 0 Å². The van der Waals surface area contributed by atoms with Gasteiger partial charge in [0.25, 0.3) is 0 Å². The van der Waals surface area contributed by atoms with Crippen molar-refractivity contribution in [3.05, 3.63) is 23.5 Å². The Balaban J connectivity index is 2.57. The first-order valence-electron chi connectivity index (χ1n) is 4.71. The van der Waals surface area contributed by atoms with Gasteiger partial charge >= 0.3 is 0 Å². The van der Waals surface area contributed by atoms with Crippen LogP contribution < -0.4 is 0 Å². The third-order valence-electron chi connectivity index (χ3n) is 2.11. The lowest BCUT2D eigenvalue weighted by Crippen LogP contribution is -2.01. The molecule has 0 saturated heterocycles.